The van der Waals surface area contributed by atoms with Crippen molar-refractivity contribution in [3.05, 3.63) is 30.6 Å². The number of carbonyl (C=O) groups excluding carboxylic acids is 1. The SMILES string of the molecule is Cn1cc(NCC(=O)Nc2ccc3c(c2)OCCO3)cn1. The third-order valence-corrected chi connectivity index (χ3v) is 2.98. The first-order valence-electron chi connectivity index (χ1n) is 6.63. The smallest absolute Gasteiger partial charge is 0.243 e. The molecule has 0 radical (unpaired) electrons. The summed E-state index contributed by atoms with van der Waals surface area (Å²) in [6, 6.07) is 5.34. The summed E-state index contributed by atoms with van der Waals surface area (Å²) >= 11 is 0. The number of nitrogens with one attached hydrogen (secondary N) is 2. The molecule has 7 nitrogen and oxygen atoms in total. The maximum Gasteiger partial charge on any atom is 0.243 e. The zero-order valence-corrected chi connectivity index (χ0v) is 11.6. The molecule has 0 spiro atoms. The second-order valence-electron chi connectivity index (χ2n) is 4.66. The van der Waals surface area contributed by atoms with Crippen molar-refractivity contribution in [3.63, 3.8) is 0 Å². The highest BCUT2D eigenvalue weighted by molar-refractivity contribution is 5.94. The summed E-state index contributed by atoms with van der Waals surface area (Å²) in [7, 11) is 1.82. The minimum atomic E-state index is -0.143. The lowest BCUT2D eigenvalue weighted by Crippen LogP contribution is -2.22. The van der Waals surface area contributed by atoms with Gasteiger partial charge in [0.2, 0.25) is 5.91 Å². The van der Waals surface area contributed by atoms with Gasteiger partial charge in [0.1, 0.15) is 13.2 Å². The summed E-state index contributed by atoms with van der Waals surface area (Å²) in [5, 5.41) is 9.82. The molecule has 2 N–H and O–H groups in total. The molecule has 2 heterocycles. The van der Waals surface area contributed by atoms with E-state index in [0.29, 0.717) is 30.4 Å². The molecule has 3 rings (SSSR count). The van der Waals surface area contributed by atoms with Gasteiger partial charge in [-0.2, -0.15) is 5.10 Å². The molecule has 7 heteroatoms. The van der Waals surface area contributed by atoms with E-state index < -0.39 is 0 Å². The molecule has 2 aromatic rings. The van der Waals surface area contributed by atoms with Gasteiger partial charge in [0.25, 0.3) is 0 Å². The van der Waals surface area contributed by atoms with Crippen LogP contribution in [0.25, 0.3) is 0 Å². The standard InChI is InChI=1S/C14H16N4O3/c1-18-9-11(7-16-18)15-8-14(19)17-10-2-3-12-13(6-10)21-5-4-20-12/h2-3,6-7,9,15H,4-5,8H2,1H3,(H,17,19). The van der Waals surface area contributed by atoms with Crippen LogP contribution in [-0.4, -0.2) is 35.4 Å². The van der Waals surface area contributed by atoms with Crippen molar-refractivity contribution in [3.8, 4) is 11.5 Å². The van der Waals surface area contributed by atoms with E-state index in [1.165, 1.54) is 0 Å². The number of aromatic nitrogens is 2. The summed E-state index contributed by atoms with van der Waals surface area (Å²) in [5.41, 5.74) is 1.48. The topological polar surface area (TPSA) is 77.4 Å². The average molecular weight is 288 g/mol. The summed E-state index contributed by atoms with van der Waals surface area (Å²) in [6.07, 6.45) is 3.47. The molecule has 0 saturated carbocycles. The number of fused-ring (bicyclic) bond motifs is 1. The number of amides is 1. The lowest BCUT2D eigenvalue weighted by Gasteiger charge is -2.19. The molecule has 0 bridgehead atoms. The first-order valence-corrected chi connectivity index (χ1v) is 6.63. The summed E-state index contributed by atoms with van der Waals surface area (Å²) in [5.74, 6) is 1.21. The largest absolute Gasteiger partial charge is 0.486 e. The molecule has 0 atom stereocenters. The number of rotatable bonds is 4. The van der Waals surface area contributed by atoms with Crippen molar-refractivity contribution in [2.75, 3.05) is 30.4 Å². The van der Waals surface area contributed by atoms with Crippen molar-refractivity contribution >= 4 is 17.3 Å². The number of carbonyl (C=O) groups is 1. The highest BCUT2D eigenvalue weighted by Crippen LogP contribution is 2.32. The molecule has 0 aliphatic carbocycles. The quantitative estimate of drug-likeness (QED) is 0.885. The number of nitrogens with zero attached hydrogens (tertiary/aromatic N) is 2. The van der Waals surface area contributed by atoms with Crippen LogP contribution in [0, 0.1) is 0 Å². The molecule has 1 aliphatic heterocycles. The average Bonchev–Trinajstić information content (AvgIpc) is 2.91. The Morgan fingerprint density at radius 3 is 2.86 bits per heavy atom. The first-order chi connectivity index (χ1) is 10.2. The number of hydrogen-bond donors (Lipinski definition) is 2. The van der Waals surface area contributed by atoms with Gasteiger partial charge in [-0.3, -0.25) is 9.48 Å². The van der Waals surface area contributed by atoms with E-state index in [1.807, 2.05) is 7.05 Å². The Kier molecular flexibility index (Phi) is 3.63. The minimum Gasteiger partial charge on any atom is -0.486 e. The normalized spacial score (nSPS) is 12.8. The highest BCUT2D eigenvalue weighted by Gasteiger charge is 2.12. The zero-order valence-electron chi connectivity index (χ0n) is 11.6. The molecular weight excluding hydrogens is 272 g/mol. The van der Waals surface area contributed by atoms with Gasteiger partial charge in [0.05, 0.1) is 18.4 Å². The van der Waals surface area contributed by atoms with Crippen LogP contribution in [0.4, 0.5) is 11.4 Å². The van der Waals surface area contributed by atoms with Gasteiger partial charge < -0.3 is 20.1 Å². The van der Waals surface area contributed by atoms with Crippen LogP contribution >= 0.6 is 0 Å². The molecule has 0 fully saturated rings. The molecule has 110 valence electrons. The molecular formula is C14H16N4O3. The van der Waals surface area contributed by atoms with E-state index in [4.69, 9.17) is 9.47 Å². The molecule has 0 unspecified atom stereocenters. The van der Waals surface area contributed by atoms with E-state index in [2.05, 4.69) is 15.7 Å². The number of hydrogen-bond acceptors (Lipinski definition) is 5. The van der Waals surface area contributed by atoms with Gasteiger partial charge in [-0.1, -0.05) is 0 Å². The Hall–Kier alpha value is -2.70. The number of ether oxygens (including phenoxy) is 2. The van der Waals surface area contributed by atoms with Gasteiger partial charge in [-0.25, -0.2) is 0 Å². The second kappa shape index (κ2) is 5.74. The Bertz CT molecular complexity index is 653. The minimum absolute atomic E-state index is 0.143. The fourth-order valence-electron chi connectivity index (χ4n) is 2.02. The summed E-state index contributed by atoms with van der Waals surface area (Å²) in [4.78, 5) is 11.9. The van der Waals surface area contributed by atoms with Gasteiger partial charge in [0, 0.05) is 25.0 Å². The molecule has 0 saturated heterocycles. The lowest BCUT2D eigenvalue weighted by atomic mass is 10.2. The molecule has 1 aromatic carbocycles. The monoisotopic (exact) mass is 288 g/mol. The van der Waals surface area contributed by atoms with Crippen LogP contribution in [0.1, 0.15) is 0 Å². The molecule has 1 amide bonds. The van der Waals surface area contributed by atoms with Gasteiger partial charge >= 0.3 is 0 Å². The Balaban J connectivity index is 1.57. The van der Waals surface area contributed by atoms with Crippen molar-refractivity contribution < 1.29 is 14.3 Å². The van der Waals surface area contributed by atoms with Gasteiger partial charge in [0.15, 0.2) is 11.5 Å². The number of aryl methyl sites for hydroxylation is 1. The first kappa shape index (κ1) is 13.3. The third-order valence-electron chi connectivity index (χ3n) is 2.98. The van der Waals surface area contributed by atoms with E-state index in [0.717, 1.165) is 5.69 Å². The van der Waals surface area contributed by atoms with E-state index >= 15 is 0 Å². The maximum atomic E-state index is 11.9. The fourth-order valence-corrected chi connectivity index (χ4v) is 2.02. The van der Waals surface area contributed by atoms with Crippen LogP contribution in [-0.2, 0) is 11.8 Å². The van der Waals surface area contributed by atoms with Crippen molar-refractivity contribution in [1.29, 1.82) is 0 Å². The third kappa shape index (κ3) is 3.25. The number of benzene rings is 1. The predicted octanol–water partition coefficient (Wildman–Crippen LogP) is 1.24. The van der Waals surface area contributed by atoms with Crippen LogP contribution in [0.5, 0.6) is 11.5 Å². The zero-order chi connectivity index (χ0) is 14.7. The molecule has 21 heavy (non-hydrogen) atoms. The highest BCUT2D eigenvalue weighted by atomic mass is 16.6. The number of anilines is 2. The predicted molar refractivity (Wildman–Crippen MR) is 77.8 cm³/mol. The van der Waals surface area contributed by atoms with Crippen molar-refractivity contribution in [2.45, 2.75) is 0 Å². The van der Waals surface area contributed by atoms with Crippen LogP contribution in [0.2, 0.25) is 0 Å². The maximum absolute atomic E-state index is 11.9. The fraction of sp³-hybridized carbons (Fsp3) is 0.286. The second-order valence-corrected chi connectivity index (χ2v) is 4.66. The summed E-state index contributed by atoms with van der Waals surface area (Å²) < 4.78 is 12.6. The van der Waals surface area contributed by atoms with E-state index in [1.54, 1.807) is 35.3 Å². The van der Waals surface area contributed by atoms with Crippen molar-refractivity contribution in [1.82, 2.24) is 9.78 Å². The van der Waals surface area contributed by atoms with E-state index in [9.17, 15) is 4.79 Å². The Labute approximate surface area is 121 Å². The summed E-state index contributed by atoms with van der Waals surface area (Å²) in [6.45, 7) is 1.24. The lowest BCUT2D eigenvalue weighted by molar-refractivity contribution is -0.114. The van der Waals surface area contributed by atoms with Crippen LogP contribution < -0.4 is 20.1 Å². The van der Waals surface area contributed by atoms with Gasteiger partial charge in [-0.05, 0) is 12.1 Å². The molecule has 1 aromatic heterocycles. The Morgan fingerprint density at radius 2 is 2.10 bits per heavy atom. The van der Waals surface area contributed by atoms with Crippen molar-refractivity contribution in [2.24, 2.45) is 7.05 Å². The van der Waals surface area contributed by atoms with Crippen LogP contribution in [0.3, 0.4) is 0 Å². The van der Waals surface area contributed by atoms with Crippen LogP contribution in [0.15, 0.2) is 30.6 Å². The molecule has 1 aliphatic rings. The van der Waals surface area contributed by atoms with E-state index in [-0.39, 0.29) is 12.5 Å². The van der Waals surface area contributed by atoms with Gasteiger partial charge in [-0.15, -0.1) is 0 Å². The Morgan fingerprint density at radius 1 is 1.29 bits per heavy atom.